The van der Waals surface area contributed by atoms with E-state index in [0.717, 1.165) is 28.8 Å². The van der Waals surface area contributed by atoms with Gasteiger partial charge in [-0.05, 0) is 56.3 Å². The highest BCUT2D eigenvalue weighted by Crippen LogP contribution is 2.55. The maximum Gasteiger partial charge on any atom is 0.226 e. The maximum absolute atomic E-state index is 12.3. The number of hydrogen-bond donors (Lipinski definition) is 1. The predicted octanol–water partition coefficient (Wildman–Crippen LogP) is 2.17. The molecule has 3 nitrogen and oxygen atoms in total. The molecule has 0 aromatic heterocycles. The summed E-state index contributed by atoms with van der Waals surface area (Å²) >= 11 is 0. The summed E-state index contributed by atoms with van der Waals surface area (Å²) in [5.74, 6) is 3.01. The Bertz CT molecular complexity index is 334. The van der Waals surface area contributed by atoms with E-state index in [-0.39, 0.29) is 11.4 Å². The van der Waals surface area contributed by atoms with E-state index in [9.17, 15) is 4.79 Å². The van der Waals surface area contributed by atoms with E-state index < -0.39 is 0 Å². The van der Waals surface area contributed by atoms with Crippen LogP contribution in [-0.4, -0.2) is 43.6 Å². The quantitative estimate of drug-likeness (QED) is 0.776. The molecule has 0 saturated heterocycles. The van der Waals surface area contributed by atoms with Crippen molar-refractivity contribution in [2.24, 2.45) is 17.8 Å². The molecule has 4 saturated carbocycles. The van der Waals surface area contributed by atoms with Gasteiger partial charge in [0.1, 0.15) is 0 Å². The third-order valence-electron chi connectivity index (χ3n) is 5.45. The molecule has 4 fully saturated rings. The smallest absolute Gasteiger partial charge is 0.226 e. The number of nitrogens with zero attached hydrogens (tertiary/aromatic N) is 1. The van der Waals surface area contributed by atoms with Crippen LogP contribution in [-0.2, 0) is 4.79 Å². The minimum absolute atomic E-state index is 0.191. The molecular formula is C16H29N2O+. The Morgan fingerprint density at radius 3 is 1.95 bits per heavy atom. The van der Waals surface area contributed by atoms with Gasteiger partial charge in [0.15, 0.2) is 0 Å². The van der Waals surface area contributed by atoms with Gasteiger partial charge >= 0.3 is 0 Å². The monoisotopic (exact) mass is 265 g/mol. The SMILES string of the molecule is C[N+](C)(C)CCC(=O)NC12CC3CC(CC(C3)C1)C2. The second-order valence-corrected chi connectivity index (χ2v) is 8.51. The van der Waals surface area contributed by atoms with Crippen LogP contribution in [0.4, 0.5) is 0 Å². The maximum atomic E-state index is 12.3. The van der Waals surface area contributed by atoms with Crippen LogP contribution in [0.5, 0.6) is 0 Å². The first-order chi connectivity index (χ1) is 8.84. The van der Waals surface area contributed by atoms with Crippen molar-refractivity contribution >= 4 is 5.91 Å². The van der Waals surface area contributed by atoms with Gasteiger partial charge in [-0.15, -0.1) is 0 Å². The highest BCUT2D eigenvalue weighted by atomic mass is 16.1. The van der Waals surface area contributed by atoms with Crippen LogP contribution >= 0.6 is 0 Å². The Morgan fingerprint density at radius 1 is 1.05 bits per heavy atom. The molecule has 4 rings (SSSR count). The number of rotatable bonds is 4. The fourth-order valence-corrected chi connectivity index (χ4v) is 5.06. The standard InChI is InChI=1S/C16H28N2O/c1-18(2,3)5-4-15(19)17-16-9-12-6-13(10-16)8-14(7-12)11-16/h12-14H,4-11H2,1-3H3/p+1. The van der Waals surface area contributed by atoms with Crippen molar-refractivity contribution in [3.05, 3.63) is 0 Å². The zero-order valence-corrected chi connectivity index (χ0v) is 12.7. The summed E-state index contributed by atoms with van der Waals surface area (Å²) in [6.07, 6.45) is 8.76. The third kappa shape index (κ3) is 2.96. The Balaban J connectivity index is 1.59. The fraction of sp³-hybridized carbons (Fsp3) is 0.938. The van der Waals surface area contributed by atoms with Crippen LogP contribution in [0.3, 0.4) is 0 Å². The molecule has 19 heavy (non-hydrogen) atoms. The lowest BCUT2D eigenvalue weighted by atomic mass is 9.53. The lowest BCUT2D eigenvalue weighted by Gasteiger charge is -2.56. The molecule has 1 amide bonds. The van der Waals surface area contributed by atoms with Gasteiger partial charge in [-0.2, -0.15) is 0 Å². The molecule has 0 aromatic carbocycles. The molecule has 4 bridgehead atoms. The second-order valence-electron chi connectivity index (χ2n) is 8.51. The minimum Gasteiger partial charge on any atom is -0.350 e. The molecular weight excluding hydrogens is 236 g/mol. The van der Waals surface area contributed by atoms with Crippen molar-refractivity contribution < 1.29 is 9.28 Å². The summed E-state index contributed by atoms with van der Waals surface area (Å²) in [7, 11) is 6.45. The predicted molar refractivity (Wildman–Crippen MR) is 76.6 cm³/mol. The highest BCUT2D eigenvalue weighted by Gasteiger charge is 2.51. The summed E-state index contributed by atoms with van der Waals surface area (Å²) in [6.45, 7) is 0.929. The van der Waals surface area contributed by atoms with Gasteiger partial charge in [0.05, 0.1) is 34.1 Å². The first kappa shape index (κ1) is 13.4. The first-order valence-electron chi connectivity index (χ1n) is 7.95. The Hall–Kier alpha value is -0.570. The van der Waals surface area contributed by atoms with Crippen LogP contribution in [0.2, 0.25) is 0 Å². The van der Waals surface area contributed by atoms with E-state index in [1.807, 2.05) is 0 Å². The zero-order chi connectivity index (χ0) is 13.7. The largest absolute Gasteiger partial charge is 0.350 e. The summed E-state index contributed by atoms with van der Waals surface area (Å²) in [5, 5.41) is 3.45. The highest BCUT2D eigenvalue weighted by molar-refractivity contribution is 5.77. The van der Waals surface area contributed by atoms with E-state index in [1.54, 1.807) is 0 Å². The average molecular weight is 265 g/mol. The van der Waals surface area contributed by atoms with Gasteiger partial charge in [0, 0.05) is 5.54 Å². The van der Waals surface area contributed by atoms with Crippen molar-refractivity contribution in [2.45, 2.75) is 50.5 Å². The van der Waals surface area contributed by atoms with E-state index in [0.29, 0.717) is 6.42 Å². The molecule has 0 unspecified atom stereocenters. The zero-order valence-electron chi connectivity index (χ0n) is 12.7. The van der Waals surface area contributed by atoms with Crippen molar-refractivity contribution in [1.29, 1.82) is 0 Å². The van der Waals surface area contributed by atoms with Crippen molar-refractivity contribution in [3.63, 3.8) is 0 Å². The van der Waals surface area contributed by atoms with E-state index >= 15 is 0 Å². The van der Waals surface area contributed by atoms with Gasteiger partial charge in [0.25, 0.3) is 0 Å². The van der Waals surface area contributed by atoms with Crippen molar-refractivity contribution in [2.75, 3.05) is 27.7 Å². The van der Waals surface area contributed by atoms with Crippen LogP contribution in [0.25, 0.3) is 0 Å². The topological polar surface area (TPSA) is 29.1 Å². The van der Waals surface area contributed by atoms with E-state index in [4.69, 9.17) is 0 Å². The fourth-order valence-electron chi connectivity index (χ4n) is 5.06. The first-order valence-corrected chi connectivity index (χ1v) is 7.95. The molecule has 3 heteroatoms. The van der Waals surface area contributed by atoms with Gasteiger partial charge in [0.2, 0.25) is 5.91 Å². The molecule has 4 aliphatic carbocycles. The van der Waals surface area contributed by atoms with Gasteiger partial charge in [-0.25, -0.2) is 0 Å². The van der Waals surface area contributed by atoms with E-state index in [1.165, 1.54) is 38.5 Å². The van der Waals surface area contributed by atoms with E-state index in [2.05, 4.69) is 26.5 Å². The summed E-state index contributed by atoms with van der Waals surface area (Å²) in [5.41, 5.74) is 0.191. The van der Waals surface area contributed by atoms with Crippen LogP contribution in [0, 0.1) is 17.8 Å². The summed E-state index contributed by atoms with van der Waals surface area (Å²) in [4.78, 5) is 12.3. The normalized spacial score (nSPS) is 40.5. The molecule has 0 radical (unpaired) electrons. The van der Waals surface area contributed by atoms with Crippen molar-refractivity contribution in [1.82, 2.24) is 5.32 Å². The Labute approximate surface area is 117 Å². The molecule has 1 N–H and O–H groups in total. The molecule has 0 aromatic rings. The number of carbonyl (C=O) groups excluding carboxylic acids is 1. The summed E-state index contributed by atoms with van der Waals surface area (Å²) < 4.78 is 0.869. The summed E-state index contributed by atoms with van der Waals surface area (Å²) in [6, 6.07) is 0. The minimum atomic E-state index is 0.191. The number of nitrogens with one attached hydrogen (secondary N) is 1. The molecule has 0 spiro atoms. The molecule has 0 atom stereocenters. The molecule has 0 heterocycles. The number of carbonyl (C=O) groups is 1. The molecule has 108 valence electrons. The number of hydrogen-bond acceptors (Lipinski definition) is 1. The molecule has 4 aliphatic rings. The lowest BCUT2D eigenvalue weighted by Crippen LogP contribution is -2.60. The van der Waals surface area contributed by atoms with Gasteiger partial charge < -0.3 is 9.80 Å². The second kappa shape index (κ2) is 4.47. The third-order valence-corrected chi connectivity index (χ3v) is 5.45. The van der Waals surface area contributed by atoms with Gasteiger partial charge in [-0.1, -0.05) is 0 Å². The Kier molecular flexibility index (Phi) is 3.16. The Morgan fingerprint density at radius 2 is 1.53 bits per heavy atom. The molecule has 0 aliphatic heterocycles. The lowest BCUT2D eigenvalue weighted by molar-refractivity contribution is -0.869. The average Bonchev–Trinajstić information content (AvgIpc) is 2.22. The van der Waals surface area contributed by atoms with Crippen molar-refractivity contribution in [3.8, 4) is 0 Å². The number of amides is 1. The van der Waals surface area contributed by atoms with Crippen LogP contribution in [0.1, 0.15) is 44.9 Å². The van der Waals surface area contributed by atoms with Crippen LogP contribution < -0.4 is 5.32 Å². The van der Waals surface area contributed by atoms with Gasteiger partial charge in [-0.3, -0.25) is 4.79 Å². The van der Waals surface area contributed by atoms with Crippen LogP contribution in [0.15, 0.2) is 0 Å². The number of quaternary nitrogens is 1.